The highest BCUT2D eigenvalue weighted by Gasteiger charge is 2.28. The third-order valence-electron chi connectivity index (χ3n) is 3.32. The van der Waals surface area contributed by atoms with Crippen LogP contribution < -0.4 is 0 Å². The molecule has 0 N–H and O–H groups in total. The maximum absolute atomic E-state index is 4.21. The van der Waals surface area contributed by atoms with Crippen LogP contribution in [-0.2, 0) is 5.41 Å². The summed E-state index contributed by atoms with van der Waals surface area (Å²) in [5.74, 6) is 0. The first-order valence-electron chi connectivity index (χ1n) is 5.22. The predicted molar refractivity (Wildman–Crippen MR) is 54.7 cm³/mol. The van der Waals surface area contributed by atoms with Crippen molar-refractivity contribution < 1.29 is 0 Å². The summed E-state index contributed by atoms with van der Waals surface area (Å²) in [4.78, 5) is 4.21. The Labute approximate surface area is 80.2 Å². The Morgan fingerprint density at radius 1 is 1.23 bits per heavy atom. The van der Waals surface area contributed by atoms with Gasteiger partial charge in [-0.1, -0.05) is 32.3 Å². The maximum atomic E-state index is 4.21. The summed E-state index contributed by atoms with van der Waals surface area (Å²) in [6.45, 7) is 2.38. The third-order valence-corrected chi connectivity index (χ3v) is 3.32. The summed E-state index contributed by atoms with van der Waals surface area (Å²) in [5.41, 5.74) is 1.83. The van der Waals surface area contributed by atoms with Crippen LogP contribution in [0.3, 0.4) is 0 Å². The van der Waals surface area contributed by atoms with E-state index in [-0.39, 0.29) is 0 Å². The summed E-state index contributed by atoms with van der Waals surface area (Å²) in [6.07, 6.45) is 10.7. The Morgan fingerprint density at radius 3 is 2.62 bits per heavy atom. The van der Waals surface area contributed by atoms with E-state index in [9.17, 15) is 0 Å². The molecule has 1 aliphatic carbocycles. The zero-order valence-electron chi connectivity index (χ0n) is 8.29. The fourth-order valence-corrected chi connectivity index (χ4v) is 2.34. The SMILES string of the molecule is CC1(c2cccnc2)CCCCC1. The van der Waals surface area contributed by atoms with Gasteiger partial charge in [-0.05, 0) is 29.9 Å². The molecule has 1 heteroatoms. The van der Waals surface area contributed by atoms with Crippen molar-refractivity contribution in [3.63, 3.8) is 0 Å². The van der Waals surface area contributed by atoms with Gasteiger partial charge in [0.1, 0.15) is 0 Å². The molecule has 0 aromatic carbocycles. The number of hydrogen-bond acceptors (Lipinski definition) is 1. The average molecular weight is 175 g/mol. The minimum atomic E-state index is 0.409. The van der Waals surface area contributed by atoms with Gasteiger partial charge in [-0.3, -0.25) is 4.98 Å². The second-order valence-corrected chi connectivity index (χ2v) is 4.36. The molecule has 0 atom stereocenters. The lowest BCUT2D eigenvalue weighted by Crippen LogP contribution is -2.24. The Kier molecular flexibility index (Phi) is 2.34. The van der Waals surface area contributed by atoms with E-state index in [1.807, 2.05) is 12.4 Å². The molecule has 1 heterocycles. The number of pyridine rings is 1. The topological polar surface area (TPSA) is 12.9 Å². The Hall–Kier alpha value is -0.850. The Balaban J connectivity index is 2.23. The van der Waals surface area contributed by atoms with E-state index in [0.29, 0.717) is 5.41 Å². The van der Waals surface area contributed by atoms with Crippen LogP contribution in [0.25, 0.3) is 0 Å². The van der Waals surface area contributed by atoms with Gasteiger partial charge in [0.15, 0.2) is 0 Å². The molecule has 0 bridgehead atoms. The standard InChI is InChI=1S/C12H17N/c1-12(7-3-2-4-8-12)11-6-5-9-13-10-11/h5-6,9-10H,2-4,7-8H2,1H3. The van der Waals surface area contributed by atoms with Gasteiger partial charge in [0, 0.05) is 12.4 Å². The second-order valence-electron chi connectivity index (χ2n) is 4.36. The van der Waals surface area contributed by atoms with E-state index < -0.39 is 0 Å². The zero-order valence-corrected chi connectivity index (χ0v) is 8.29. The van der Waals surface area contributed by atoms with Gasteiger partial charge in [-0.25, -0.2) is 0 Å². The predicted octanol–water partition coefficient (Wildman–Crippen LogP) is 3.30. The van der Waals surface area contributed by atoms with Crippen LogP contribution >= 0.6 is 0 Å². The lowest BCUT2D eigenvalue weighted by atomic mass is 9.71. The van der Waals surface area contributed by atoms with Crippen LogP contribution in [0.4, 0.5) is 0 Å². The zero-order chi connectivity index (χ0) is 9.15. The minimum absolute atomic E-state index is 0.409. The van der Waals surface area contributed by atoms with Crippen molar-refractivity contribution in [2.24, 2.45) is 0 Å². The van der Waals surface area contributed by atoms with Crippen LogP contribution in [0.2, 0.25) is 0 Å². The highest BCUT2D eigenvalue weighted by Crippen LogP contribution is 2.38. The van der Waals surface area contributed by atoms with E-state index in [2.05, 4.69) is 24.0 Å². The van der Waals surface area contributed by atoms with Crippen molar-refractivity contribution in [2.45, 2.75) is 44.4 Å². The summed E-state index contributed by atoms with van der Waals surface area (Å²) in [7, 11) is 0. The number of rotatable bonds is 1. The van der Waals surface area contributed by atoms with Crippen molar-refractivity contribution >= 4 is 0 Å². The van der Waals surface area contributed by atoms with Gasteiger partial charge in [0.2, 0.25) is 0 Å². The van der Waals surface area contributed by atoms with Gasteiger partial charge in [-0.15, -0.1) is 0 Å². The first kappa shape index (κ1) is 8.74. The summed E-state index contributed by atoms with van der Waals surface area (Å²) >= 11 is 0. The van der Waals surface area contributed by atoms with Crippen molar-refractivity contribution in [2.75, 3.05) is 0 Å². The molecular weight excluding hydrogens is 158 g/mol. The first-order valence-corrected chi connectivity index (χ1v) is 5.22. The van der Waals surface area contributed by atoms with Crippen molar-refractivity contribution in [1.29, 1.82) is 0 Å². The van der Waals surface area contributed by atoms with Crippen LogP contribution in [0.1, 0.15) is 44.6 Å². The fourth-order valence-electron chi connectivity index (χ4n) is 2.34. The number of nitrogens with zero attached hydrogens (tertiary/aromatic N) is 1. The van der Waals surface area contributed by atoms with Crippen LogP contribution in [-0.4, -0.2) is 4.98 Å². The van der Waals surface area contributed by atoms with Crippen LogP contribution in [0.15, 0.2) is 24.5 Å². The molecule has 1 aromatic rings. The lowest BCUT2D eigenvalue weighted by molar-refractivity contribution is 0.319. The van der Waals surface area contributed by atoms with Crippen LogP contribution in [0.5, 0.6) is 0 Å². The van der Waals surface area contributed by atoms with Gasteiger partial charge < -0.3 is 0 Å². The molecule has 1 fully saturated rings. The van der Waals surface area contributed by atoms with Crippen molar-refractivity contribution in [1.82, 2.24) is 4.98 Å². The third kappa shape index (κ3) is 1.74. The molecule has 1 aromatic heterocycles. The summed E-state index contributed by atoms with van der Waals surface area (Å²) < 4.78 is 0. The van der Waals surface area contributed by atoms with E-state index >= 15 is 0 Å². The quantitative estimate of drug-likeness (QED) is 0.638. The molecule has 2 rings (SSSR count). The molecule has 0 aliphatic heterocycles. The lowest BCUT2D eigenvalue weighted by Gasteiger charge is -2.33. The summed E-state index contributed by atoms with van der Waals surface area (Å²) in [5, 5.41) is 0. The molecule has 0 saturated heterocycles. The fraction of sp³-hybridized carbons (Fsp3) is 0.583. The number of hydrogen-bond donors (Lipinski definition) is 0. The molecule has 1 saturated carbocycles. The molecule has 70 valence electrons. The largest absolute Gasteiger partial charge is 0.264 e. The first-order chi connectivity index (χ1) is 6.31. The number of aromatic nitrogens is 1. The van der Waals surface area contributed by atoms with Gasteiger partial charge in [-0.2, -0.15) is 0 Å². The Bertz CT molecular complexity index is 260. The molecule has 13 heavy (non-hydrogen) atoms. The average Bonchev–Trinajstić information content (AvgIpc) is 2.20. The molecular formula is C12H17N. The maximum Gasteiger partial charge on any atom is 0.0305 e. The molecule has 0 unspecified atom stereocenters. The molecule has 1 aliphatic rings. The highest BCUT2D eigenvalue weighted by atomic mass is 14.6. The minimum Gasteiger partial charge on any atom is -0.264 e. The van der Waals surface area contributed by atoms with Gasteiger partial charge >= 0.3 is 0 Å². The van der Waals surface area contributed by atoms with Crippen molar-refractivity contribution in [3.05, 3.63) is 30.1 Å². The summed E-state index contributed by atoms with van der Waals surface area (Å²) in [6, 6.07) is 4.27. The van der Waals surface area contributed by atoms with Gasteiger partial charge in [0.25, 0.3) is 0 Å². The van der Waals surface area contributed by atoms with E-state index in [1.54, 1.807) is 0 Å². The van der Waals surface area contributed by atoms with Gasteiger partial charge in [0.05, 0.1) is 0 Å². The Morgan fingerprint density at radius 2 is 2.00 bits per heavy atom. The van der Waals surface area contributed by atoms with Crippen molar-refractivity contribution in [3.8, 4) is 0 Å². The normalized spacial score (nSPS) is 21.3. The molecule has 0 amide bonds. The van der Waals surface area contributed by atoms with E-state index in [4.69, 9.17) is 0 Å². The highest BCUT2D eigenvalue weighted by molar-refractivity contribution is 5.20. The van der Waals surface area contributed by atoms with E-state index in [1.165, 1.54) is 37.7 Å². The molecule has 1 nitrogen and oxygen atoms in total. The smallest absolute Gasteiger partial charge is 0.0305 e. The van der Waals surface area contributed by atoms with Crippen LogP contribution in [0, 0.1) is 0 Å². The molecule has 0 radical (unpaired) electrons. The van der Waals surface area contributed by atoms with E-state index in [0.717, 1.165) is 0 Å². The molecule has 0 spiro atoms. The monoisotopic (exact) mass is 175 g/mol. The second kappa shape index (κ2) is 3.49.